The zero-order valence-electron chi connectivity index (χ0n) is 9.39. The van der Waals surface area contributed by atoms with Gasteiger partial charge in [-0.05, 0) is 36.6 Å². The molecule has 0 unspecified atom stereocenters. The normalized spacial score (nSPS) is 11.6. The van der Waals surface area contributed by atoms with E-state index < -0.39 is 5.82 Å². The number of hydrogen-bond donors (Lipinski definition) is 0. The summed E-state index contributed by atoms with van der Waals surface area (Å²) >= 11 is 5.64. The Kier molecular flexibility index (Phi) is 4.69. The molecule has 0 bridgehead atoms. The molecule has 1 nitrogen and oxygen atoms in total. The SMILES string of the molecule is C/C=C(/CC)C(=O)Cc1ccc(F)c(Cl)c1. The number of carbonyl (C=O) groups excluding carboxylic acids is 1. The molecule has 0 radical (unpaired) electrons. The number of Topliss-reactive ketones (excluding diaryl/α,β-unsaturated/α-hetero) is 1. The van der Waals surface area contributed by atoms with E-state index in [1.54, 1.807) is 6.07 Å². The van der Waals surface area contributed by atoms with Crippen LogP contribution in [-0.2, 0) is 11.2 Å². The van der Waals surface area contributed by atoms with Crippen molar-refractivity contribution < 1.29 is 9.18 Å². The van der Waals surface area contributed by atoms with Crippen LogP contribution in [0.15, 0.2) is 29.8 Å². The van der Waals surface area contributed by atoms with E-state index in [1.807, 2.05) is 19.9 Å². The Morgan fingerprint density at radius 2 is 2.19 bits per heavy atom. The van der Waals surface area contributed by atoms with Crippen LogP contribution in [0.1, 0.15) is 25.8 Å². The molecule has 0 amide bonds. The van der Waals surface area contributed by atoms with E-state index in [4.69, 9.17) is 11.6 Å². The molecule has 0 aliphatic heterocycles. The number of carbonyl (C=O) groups is 1. The van der Waals surface area contributed by atoms with E-state index in [9.17, 15) is 9.18 Å². The van der Waals surface area contributed by atoms with E-state index in [0.717, 1.165) is 11.1 Å². The third-order valence-electron chi connectivity index (χ3n) is 2.44. The van der Waals surface area contributed by atoms with Crippen molar-refractivity contribution in [3.05, 3.63) is 46.3 Å². The number of benzene rings is 1. The fourth-order valence-electron chi connectivity index (χ4n) is 1.51. The fourth-order valence-corrected chi connectivity index (χ4v) is 1.71. The highest BCUT2D eigenvalue weighted by Gasteiger charge is 2.09. The Morgan fingerprint density at radius 3 is 2.69 bits per heavy atom. The van der Waals surface area contributed by atoms with Gasteiger partial charge in [0.2, 0.25) is 0 Å². The lowest BCUT2D eigenvalue weighted by molar-refractivity contribution is -0.115. The van der Waals surface area contributed by atoms with Crippen molar-refractivity contribution in [3.63, 3.8) is 0 Å². The van der Waals surface area contributed by atoms with Crippen LogP contribution < -0.4 is 0 Å². The molecule has 0 N–H and O–H groups in total. The fraction of sp³-hybridized carbons (Fsp3) is 0.308. The lowest BCUT2D eigenvalue weighted by Gasteiger charge is -2.04. The van der Waals surface area contributed by atoms with Gasteiger partial charge in [-0.25, -0.2) is 4.39 Å². The van der Waals surface area contributed by atoms with Crippen LogP contribution in [0.25, 0.3) is 0 Å². The Hall–Kier alpha value is -1.15. The monoisotopic (exact) mass is 240 g/mol. The van der Waals surface area contributed by atoms with Gasteiger partial charge in [0.15, 0.2) is 5.78 Å². The van der Waals surface area contributed by atoms with Gasteiger partial charge < -0.3 is 0 Å². The standard InChI is InChI=1S/C13H14ClFO/c1-3-10(4-2)13(16)8-9-5-6-12(15)11(14)7-9/h3,5-7H,4,8H2,1-2H3/b10-3-. The summed E-state index contributed by atoms with van der Waals surface area (Å²) in [7, 11) is 0. The van der Waals surface area contributed by atoms with Gasteiger partial charge in [0, 0.05) is 6.42 Å². The van der Waals surface area contributed by atoms with Crippen molar-refractivity contribution in [2.45, 2.75) is 26.7 Å². The highest BCUT2D eigenvalue weighted by atomic mass is 35.5. The molecule has 1 aromatic rings. The maximum absolute atomic E-state index is 12.9. The summed E-state index contributed by atoms with van der Waals surface area (Å²) in [5.74, 6) is -0.396. The first-order valence-electron chi connectivity index (χ1n) is 5.20. The van der Waals surface area contributed by atoms with Crippen LogP contribution in [0.4, 0.5) is 4.39 Å². The molecule has 0 saturated heterocycles. The quantitative estimate of drug-likeness (QED) is 0.729. The zero-order valence-corrected chi connectivity index (χ0v) is 10.1. The van der Waals surface area contributed by atoms with E-state index in [2.05, 4.69) is 0 Å². The first kappa shape index (κ1) is 12.9. The second kappa shape index (κ2) is 5.80. The number of hydrogen-bond acceptors (Lipinski definition) is 1. The summed E-state index contributed by atoms with van der Waals surface area (Å²) in [6.07, 6.45) is 2.80. The lowest BCUT2D eigenvalue weighted by Crippen LogP contribution is -2.05. The molecule has 86 valence electrons. The Morgan fingerprint density at radius 1 is 1.50 bits per heavy atom. The van der Waals surface area contributed by atoms with E-state index in [0.29, 0.717) is 6.42 Å². The van der Waals surface area contributed by atoms with Gasteiger partial charge in [-0.1, -0.05) is 30.7 Å². The average molecular weight is 241 g/mol. The zero-order chi connectivity index (χ0) is 12.1. The van der Waals surface area contributed by atoms with Gasteiger partial charge >= 0.3 is 0 Å². The summed E-state index contributed by atoms with van der Waals surface area (Å²) in [6.45, 7) is 3.78. The second-order valence-electron chi connectivity index (χ2n) is 3.52. The summed E-state index contributed by atoms with van der Waals surface area (Å²) in [5, 5.41) is 0.0591. The van der Waals surface area contributed by atoms with Crippen molar-refractivity contribution >= 4 is 17.4 Å². The van der Waals surface area contributed by atoms with Crippen molar-refractivity contribution in [1.29, 1.82) is 0 Å². The molecule has 0 spiro atoms. The molecule has 0 atom stereocenters. The molecule has 3 heteroatoms. The van der Waals surface area contributed by atoms with Gasteiger partial charge in [0.25, 0.3) is 0 Å². The van der Waals surface area contributed by atoms with Gasteiger partial charge in [-0.15, -0.1) is 0 Å². The number of rotatable bonds is 4. The van der Waals surface area contributed by atoms with Gasteiger partial charge in [-0.3, -0.25) is 4.79 Å². The van der Waals surface area contributed by atoms with Gasteiger partial charge in [-0.2, -0.15) is 0 Å². The molecule has 16 heavy (non-hydrogen) atoms. The molecule has 0 fully saturated rings. The van der Waals surface area contributed by atoms with Gasteiger partial charge in [0.1, 0.15) is 5.82 Å². The highest BCUT2D eigenvalue weighted by Crippen LogP contribution is 2.17. The minimum atomic E-state index is -0.459. The van der Waals surface area contributed by atoms with Crippen LogP contribution in [0.3, 0.4) is 0 Å². The minimum Gasteiger partial charge on any atom is -0.294 e. The summed E-state index contributed by atoms with van der Waals surface area (Å²) in [5.41, 5.74) is 1.53. The Bertz CT molecular complexity index is 424. The Labute approximate surface area is 99.9 Å². The average Bonchev–Trinajstić information content (AvgIpc) is 2.25. The van der Waals surface area contributed by atoms with Crippen LogP contribution in [-0.4, -0.2) is 5.78 Å². The predicted molar refractivity (Wildman–Crippen MR) is 64.2 cm³/mol. The van der Waals surface area contributed by atoms with E-state index in [1.165, 1.54) is 12.1 Å². The first-order valence-corrected chi connectivity index (χ1v) is 5.58. The van der Waals surface area contributed by atoms with Crippen LogP contribution in [0, 0.1) is 5.82 Å². The molecular weight excluding hydrogens is 227 g/mol. The molecule has 0 aliphatic carbocycles. The van der Waals surface area contributed by atoms with Crippen molar-refractivity contribution in [2.75, 3.05) is 0 Å². The van der Waals surface area contributed by atoms with Crippen LogP contribution in [0.5, 0.6) is 0 Å². The van der Waals surface area contributed by atoms with Crippen LogP contribution >= 0.6 is 11.6 Å². The number of allylic oxidation sites excluding steroid dienone is 2. The topological polar surface area (TPSA) is 17.1 Å². The maximum atomic E-state index is 12.9. The molecule has 0 heterocycles. The Balaban J connectivity index is 2.81. The minimum absolute atomic E-state index is 0.0591. The molecule has 0 aromatic heterocycles. The summed E-state index contributed by atoms with van der Waals surface area (Å²) in [6, 6.07) is 4.37. The molecule has 1 rings (SSSR count). The second-order valence-corrected chi connectivity index (χ2v) is 3.92. The largest absolute Gasteiger partial charge is 0.294 e. The maximum Gasteiger partial charge on any atom is 0.162 e. The predicted octanol–water partition coefficient (Wildman–Crippen LogP) is 3.95. The first-order chi connectivity index (χ1) is 7.58. The van der Waals surface area contributed by atoms with Crippen LogP contribution in [0.2, 0.25) is 5.02 Å². The molecule has 1 aromatic carbocycles. The molecular formula is C13H14ClFO. The van der Waals surface area contributed by atoms with Crippen molar-refractivity contribution in [2.24, 2.45) is 0 Å². The van der Waals surface area contributed by atoms with E-state index >= 15 is 0 Å². The summed E-state index contributed by atoms with van der Waals surface area (Å²) in [4.78, 5) is 11.8. The molecule has 0 aliphatic rings. The van der Waals surface area contributed by atoms with Crippen molar-refractivity contribution in [3.8, 4) is 0 Å². The summed E-state index contributed by atoms with van der Waals surface area (Å²) < 4.78 is 12.9. The lowest BCUT2D eigenvalue weighted by atomic mass is 10.0. The third kappa shape index (κ3) is 3.17. The smallest absolute Gasteiger partial charge is 0.162 e. The number of halogens is 2. The van der Waals surface area contributed by atoms with E-state index in [-0.39, 0.29) is 17.2 Å². The molecule has 0 saturated carbocycles. The highest BCUT2D eigenvalue weighted by molar-refractivity contribution is 6.30. The number of ketones is 1. The van der Waals surface area contributed by atoms with Gasteiger partial charge in [0.05, 0.1) is 5.02 Å². The third-order valence-corrected chi connectivity index (χ3v) is 2.73. The van der Waals surface area contributed by atoms with Crippen molar-refractivity contribution in [1.82, 2.24) is 0 Å².